The molecular weight excluding hydrogens is 669 g/mol. The van der Waals surface area contributed by atoms with Crippen molar-refractivity contribution in [2.45, 2.75) is 26.2 Å². The van der Waals surface area contributed by atoms with Crippen molar-refractivity contribution in [2.24, 2.45) is 0 Å². The van der Waals surface area contributed by atoms with Gasteiger partial charge in [0, 0.05) is 33.2 Å². The van der Waals surface area contributed by atoms with Gasteiger partial charge in [0.25, 0.3) is 0 Å². The molecule has 0 aliphatic heterocycles. The summed E-state index contributed by atoms with van der Waals surface area (Å²) in [4.78, 5) is 10.1. The van der Waals surface area contributed by atoms with Gasteiger partial charge in [0.15, 0.2) is 5.82 Å². The van der Waals surface area contributed by atoms with Crippen LogP contribution in [-0.4, -0.2) is 14.5 Å². The second-order valence-electron chi connectivity index (χ2n) is 15.1. The van der Waals surface area contributed by atoms with E-state index < -0.39 is 0 Å². The van der Waals surface area contributed by atoms with E-state index in [1.807, 2.05) is 36.4 Å². The van der Waals surface area contributed by atoms with Crippen LogP contribution >= 0.6 is 0 Å². The van der Waals surface area contributed by atoms with Gasteiger partial charge < -0.3 is 4.57 Å². The molecule has 7 aromatic carbocycles. The highest BCUT2D eigenvalue weighted by Gasteiger charge is 2.19. The predicted molar refractivity (Wildman–Crippen MR) is 227 cm³/mol. The molecule has 0 saturated heterocycles. The van der Waals surface area contributed by atoms with Crippen LogP contribution in [0.2, 0.25) is 0 Å². The molecule has 0 bridgehead atoms. The maximum atomic E-state index is 9.64. The molecule has 262 valence electrons. The molecule has 0 aliphatic rings. The van der Waals surface area contributed by atoms with Gasteiger partial charge in [-0.2, -0.15) is 5.26 Å². The number of hydrogen-bond donors (Lipinski definition) is 0. The zero-order chi connectivity index (χ0) is 37.5. The van der Waals surface area contributed by atoms with Gasteiger partial charge in [-0.05, 0) is 87.8 Å². The molecule has 4 heteroatoms. The summed E-state index contributed by atoms with van der Waals surface area (Å²) in [6.07, 6.45) is 0. The first kappa shape index (κ1) is 33.7. The van der Waals surface area contributed by atoms with Crippen molar-refractivity contribution in [1.29, 1.82) is 5.26 Å². The number of nitrogens with zero attached hydrogens (tertiary/aromatic N) is 4. The van der Waals surface area contributed by atoms with E-state index in [1.165, 1.54) is 27.4 Å². The Hall–Kier alpha value is -7.09. The first-order chi connectivity index (χ1) is 26.8. The van der Waals surface area contributed by atoms with E-state index in [0.717, 1.165) is 56.0 Å². The fourth-order valence-corrected chi connectivity index (χ4v) is 7.49. The summed E-state index contributed by atoms with van der Waals surface area (Å²) in [5.74, 6) is 0.577. The molecule has 0 radical (unpaired) electrons. The Labute approximate surface area is 321 Å². The monoisotopic (exact) mass is 706 g/mol. The van der Waals surface area contributed by atoms with E-state index >= 15 is 0 Å². The van der Waals surface area contributed by atoms with Crippen LogP contribution in [-0.2, 0) is 5.41 Å². The Kier molecular flexibility index (Phi) is 8.41. The lowest BCUT2D eigenvalue weighted by Crippen LogP contribution is -2.10. The smallest absolute Gasteiger partial charge is 0.160 e. The Morgan fingerprint density at radius 3 is 1.78 bits per heavy atom. The van der Waals surface area contributed by atoms with Crippen LogP contribution < -0.4 is 0 Å². The molecule has 2 aromatic heterocycles. The van der Waals surface area contributed by atoms with Crippen LogP contribution in [0.1, 0.15) is 31.9 Å². The number of para-hydroxylation sites is 1. The van der Waals surface area contributed by atoms with Gasteiger partial charge in [-0.25, -0.2) is 9.97 Å². The number of nitriles is 1. The minimum Gasteiger partial charge on any atom is -0.309 e. The predicted octanol–water partition coefficient (Wildman–Crippen LogP) is 13.1. The maximum absolute atomic E-state index is 9.64. The topological polar surface area (TPSA) is 54.5 Å². The van der Waals surface area contributed by atoms with Crippen LogP contribution in [0.4, 0.5) is 0 Å². The van der Waals surface area contributed by atoms with Crippen molar-refractivity contribution in [2.75, 3.05) is 0 Å². The highest BCUT2D eigenvalue weighted by molar-refractivity contribution is 6.09. The summed E-state index contributed by atoms with van der Waals surface area (Å²) < 4.78 is 2.43. The quantitative estimate of drug-likeness (QED) is 0.173. The summed E-state index contributed by atoms with van der Waals surface area (Å²) in [7, 11) is 0. The molecule has 0 unspecified atom stereocenters. The third-order valence-electron chi connectivity index (χ3n) is 10.4. The van der Waals surface area contributed by atoms with E-state index in [4.69, 9.17) is 9.97 Å². The van der Waals surface area contributed by atoms with Crippen LogP contribution in [0.15, 0.2) is 176 Å². The van der Waals surface area contributed by atoms with Crippen LogP contribution in [0, 0.1) is 11.3 Å². The van der Waals surface area contributed by atoms with Crippen LogP contribution in [0.5, 0.6) is 0 Å². The van der Waals surface area contributed by atoms with Crippen molar-refractivity contribution >= 4 is 21.8 Å². The molecule has 2 heterocycles. The van der Waals surface area contributed by atoms with E-state index in [-0.39, 0.29) is 5.41 Å². The minimum atomic E-state index is 0.00666. The number of fused-ring (bicyclic) bond motifs is 3. The highest BCUT2D eigenvalue weighted by Crippen LogP contribution is 2.39. The summed E-state index contributed by atoms with van der Waals surface area (Å²) in [6.45, 7) is 6.82. The van der Waals surface area contributed by atoms with Crippen molar-refractivity contribution in [3.8, 4) is 67.9 Å². The number of rotatable bonds is 6. The van der Waals surface area contributed by atoms with E-state index in [9.17, 15) is 5.26 Å². The van der Waals surface area contributed by atoms with Gasteiger partial charge in [0.2, 0.25) is 0 Å². The zero-order valence-corrected chi connectivity index (χ0v) is 31.0. The molecule has 0 atom stereocenters. The van der Waals surface area contributed by atoms with Gasteiger partial charge in [-0.15, -0.1) is 0 Å². The Morgan fingerprint density at radius 2 is 1.04 bits per heavy atom. The normalized spacial score (nSPS) is 11.5. The van der Waals surface area contributed by atoms with Crippen molar-refractivity contribution in [3.05, 3.63) is 187 Å². The second-order valence-corrected chi connectivity index (χ2v) is 15.1. The largest absolute Gasteiger partial charge is 0.309 e. The molecule has 4 nitrogen and oxygen atoms in total. The molecule has 9 rings (SSSR count). The molecular formula is C51H38N4. The fraction of sp³-hybridized carbons (Fsp3) is 0.0784. The molecule has 55 heavy (non-hydrogen) atoms. The van der Waals surface area contributed by atoms with Gasteiger partial charge in [-0.1, -0.05) is 142 Å². The van der Waals surface area contributed by atoms with E-state index in [2.05, 4.69) is 165 Å². The minimum absolute atomic E-state index is 0.00666. The fourth-order valence-electron chi connectivity index (χ4n) is 7.49. The molecule has 0 aliphatic carbocycles. The number of aromatic nitrogens is 3. The van der Waals surface area contributed by atoms with Gasteiger partial charge in [0.05, 0.1) is 34.1 Å². The molecule has 0 spiro atoms. The van der Waals surface area contributed by atoms with Crippen molar-refractivity contribution < 1.29 is 0 Å². The standard InChI is InChI=1S/C51H38N4/c1-51(2,3)42-24-25-45-44-22-10-11-23-48(44)55(49(45)31-42)43-29-40(35-15-6-4-7-16-35)28-41(30-43)37-19-13-20-38(27-37)47-32-46(36-17-8-5-9-18-36)53-50(54-47)39-21-12-14-34(26-39)33-52/h4-32H,1-3H3. The van der Waals surface area contributed by atoms with Gasteiger partial charge in [0.1, 0.15) is 0 Å². The first-order valence-electron chi connectivity index (χ1n) is 18.6. The Bertz CT molecular complexity index is 2910. The van der Waals surface area contributed by atoms with Crippen LogP contribution in [0.25, 0.3) is 83.6 Å². The Morgan fingerprint density at radius 1 is 0.455 bits per heavy atom. The first-order valence-corrected chi connectivity index (χ1v) is 18.6. The summed E-state index contributed by atoms with van der Waals surface area (Å²) in [5.41, 5.74) is 14.3. The van der Waals surface area contributed by atoms with Gasteiger partial charge in [-0.3, -0.25) is 0 Å². The second kappa shape index (κ2) is 13.7. The lowest BCUT2D eigenvalue weighted by Gasteiger charge is -2.20. The van der Waals surface area contributed by atoms with E-state index in [0.29, 0.717) is 11.4 Å². The zero-order valence-electron chi connectivity index (χ0n) is 31.0. The van der Waals surface area contributed by atoms with E-state index in [1.54, 1.807) is 6.07 Å². The maximum Gasteiger partial charge on any atom is 0.160 e. The number of benzene rings is 7. The lowest BCUT2D eigenvalue weighted by molar-refractivity contribution is 0.591. The molecule has 0 fully saturated rings. The third kappa shape index (κ3) is 6.47. The molecule has 0 saturated carbocycles. The summed E-state index contributed by atoms with van der Waals surface area (Å²) in [5, 5.41) is 12.1. The molecule has 0 amide bonds. The Balaban J connectivity index is 1.25. The highest BCUT2D eigenvalue weighted by atomic mass is 15.0. The SMILES string of the molecule is CC(C)(C)c1ccc2c3ccccc3n(-c3cc(-c4ccccc4)cc(-c4cccc(-c5cc(-c6ccccc6)nc(-c6cccc(C#N)c6)n5)c4)c3)c2c1. The third-order valence-corrected chi connectivity index (χ3v) is 10.4. The summed E-state index contributed by atoms with van der Waals surface area (Å²) in [6, 6.07) is 63.8. The van der Waals surface area contributed by atoms with Crippen LogP contribution in [0.3, 0.4) is 0 Å². The molecule has 0 N–H and O–H groups in total. The van der Waals surface area contributed by atoms with Crippen molar-refractivity contribution in [1.82, 2.24) is 14.5 Å². The number of hydrogen-bond acceptors (Lipinski definition) is 3. The van der Waals surface area contributed by atoms with Gasteiger partial charge >= 0.3 is 0 Å². The average molecular weight is 707 g/mol. The molecule has 9 aromatic rings. The lowest BCUT2D eigenvalue weighted by atomic mass is 9.86. The van der Waals surface area contributed by atoms with Crippen molar-refractivity contribution in [3.63, 3.8) is 0 Å². The summed E-state index contributed by atoms with van der Waals surface area (Å²) >= 11 is 0. The average Bonchev–Trinajstić information content (AvgIpc) is 3.57.